The van der Waals surface area contributed by atoms with Crippen molar-refractivity contribution in [3.63, 3.8) is 0 Å². The number of carbonyl (C=O) groups is 1. The smallest absolute Gasteiger partial charge is 0.328 e. The molecule has 0 unspecified atom stereocenters. The summed E-state index contributed by atoms with van der Waals surface area (Å²) in [5.74, 6) is -1.31. The van der Waals surface area contributed by atoms with Gasteiger partial charge in [0, 0.05) is 11.1 Å². The first-order valence-corrected chi connectivity index (χ1v) is 3.85. The zero-order chi connectivity index (χ0) is 9.84. The van der Waals surface area contributed by atoms with Crippen LogP contribution in [-0.2, 0) is 4.79 Å². The summed E-state index contributed by atoms with van der Waals surface area (Å²) in [4.78, 5) is 10.1. The second-order valence-electron chi connectivity index (χ2n) is 2.36. The van der Waals surface area contributed by atoms with E-state index in [1.54, 1.807) is 0 Å². The van der Waals surface area contributed by atoms with E-state index in [0.717, 1.165) is 6.08 Å². The molecule has 1 aromatic rings. The molecule has 0 spiro atoms. The molecule has 0 aliphatic carbocycles. The van der Waals surface area contributed by atoms with E-state index in [1.165, 1.54) is 24.3 Å². The van der Waals surface area contributed by atoms with E-state index >= 15 is 0 Å². The van der Waals surface area contributed by atoms with Crippen molar-refractivity contribution < 1.29 is 15.0 Å². The summed E-state index contributed by atoms with van der Waals surface area (Å²) in [5.41, 5.74) is 0.590. The van der Waals surface area contributed by atoms with Crippen LogP contribution in [0.2, 0.25) is 5.02 Å². The lowest BCUT2D eigenvalue weighted by molar-refractivity contribution is -0.268. The molecule has 68 valence electrons. The van der Waals surface area contributed by atoms with Crippen molar-refractivity contribution in [1.29, 1.82) is 0 Å². The molecule has 0 fully saturated rings. The van der Waals surface area contributed by atoms with Crippen LogP contribution in [0, 0.1) is 0 Å². The Bertz CT molecular complexity index is 358. The first-order valence-electron chi connectivity index (χ1n) is 3.47. The molecular weight excluding hydrogens is 192 g/mol. The van der Waals surface area contributed by atoms with Gasteiger partial charge in [-0.15, -0.1) is 0 Å². The van der Waals surface area contributed by atoms with Crippen LogP contribution in [0.4, 0.5) is 0 Å². The minimum Gasteiger partial charge on any atom is -0.871 e. The van der Waals surface area contributed by atoms with Crippen molar-refractivity contribution in [2.45, 2.75) is 0 Å². The van der Waals surface area contributed by atoms with Crippen LogP contribution >= 0.6 is 11.6 Å². The molecule has 0 atom stereocenters. The number of rotatable bonds is 2. The fourth-order valence-electron chi connectivity index (χ4n) is 0.788. The Labute approximate surface area is 79.9 Å². The molecule has 1 N–H and O–H groups in total. The normalized spacial score (nSPS) is 10.5. The monoisotopic (exact) mass is 197 g/mol. The molecule has 4 heteroatoms. The van der Waals surface area contributed by atoms with E-state index in [0.29, 0.717) is 5.56 Å². The van der Waals surface area contributed by atoms with Crippen LogP contribution in [0.3, 0.4) is 0 Å². The maximum atomic E-state index is 10.8. The lowest BCUT2D eigenvalue weighted by Crippen LogP contribution is -1.90. The third-order valence-corrected chi connectivity index (χ3v) is 1.67. The number of hydrogen-bond donors (Lipinski definition) is 1. The maximum absolute atomic E-state index is 10.8. The minimum atomic E-state index is -1.04. The quantitative estimate of drug-likeness (QED) is 0.732. The summed E-state index contributed by atoms with van der Waals surface area (Å²) in [6.07, 6.45) is 2.35. The van der Waals surface area contributed by atoms with Gasteiger partial charge in [0.15, 0.2) is 0 Å². The summed E-state index contributed by atoms with van der Waals surface area (Å²) < 4.78 is 0. The minimum absolute atomic E-state index is 0.0903. The first-order chi connectivity index (χ1) is 6.09. The van der Waals surface area contributed by atoms with Gasteiger partial charge >= 0.3 is 5.97 Å². The van der Waals surface area contributed by atoms with Gasteiger partial charge in [-0.25, -0.2) is 4.79 Å². The molecule has 0 bridgehead atoms. The number of halogens is 1. The van der Waals surface area contributed by atoms with E-state index < -0.39 is 5.97 Å². The van der Waals surface area contributed by atoms with Crippen LogP contribution in [0.1, 0.15) is 5.56 Å². The Morgan fingerprint density at radius 3 is 2.77 bits per heavy atom. The Morgan fingerprint density at radius 2 is 2.23 bits per heavy atom. The molecule has 0 aliphatic heterocycles. The van der Waals surface area contributed by atoms with Gasteiger partial charge in [0.05, 0.1) is 0 Å². The first kappa shape index (κ1) is 9.61. The van der Waals surface area contributed by atoms with Crippen molar-refractivity contribution in [2.24, 2.45) is 0 Å². The van der Waals surface area contributed by atoms with Crippen molar-refractivity contribution in [3.8, 4) is 5.75 Å². The molecule has 0 amide bonds. The molecule has 0 radical (unpaired) electrons. The highest BCUT2D eigenvalue weighted by molar-refractivity contribution is 6.32. The summed E-state index contributed by atoms with van der Waals surface area (Å²) in [6.45, 7) is 0. The van der Waals surface area contributed by atoms with Crippen molar-refractivity contribution in [3.05, 3.63) is 34.9 Å². The molecule has 0 heterocycles. The molecule has 0 saturated heterocycles. The lowest BCUT2D eigenvalue weighted by Gasteiger charge is -2.07. The average molecular weight is 198 g/mol. The number of aliphatic carboxylic acids is 1. The van der Waals surface area contributed by atoms with Gasteiger partial charge in [-0.3, -0.25) is 0 Å². The molecule has 3 nitrogen and oxygen atoms in total. The fraction of sp³-hybridized carbons (Fsp3) is 0. The SMILES string of the molecule is O=C(O)/C=C/c1ccc([O-])c(Cl)c1. The second-order valence-corrected chi connectivity index (χ2v) is 2.77. The maximum Gasteiger partial charge on any atom is 0.328 e. The van der Waals surface area contributed by atoms with E-state index in [9.17, 15) is 9.90 Å². The molecule has 13 heavy (non-hydrogen) atoms. The van der Waals surface area contributed by atoms with E-state index in [2.05, 4.69) is 0 Å². The third-order valence-electron chi connectivity index (χ3n) is 1.37. The Kier molecular flexibility index (Phi) is 2.93. The van der Waals surface area contributed by atoms with E-state index in [-0.39, 0.29) is 10.8 Å². The number of carboxylic acids is 1. The zero-order valence-corrected chi connectivity index (χ0v) is 7.28. The van der Waals surface area contributed by atoms with Crippen molar-refractivity contribution in [2.75, 3.05) is 0 Å². The Hall–Kier alpha value is -1.48. The van der Waals surface area contributed by atoms with E-state index in [4.69, 9.17) is 16.7 Å². The largest absolute Gasteiger partial charge is 0.871 e. The summed E-state index contributed by atoms with van der Waals surface area (Å²) >= 11 is 5.54. The molecular formula is C9H6ClO3-. The van der Waals surface area contributed by atoms with Gasteiger partial charge in [-0.2, -0.15) is 0 Å². The fourth-order valence-corrected chi connectivity index (χ4v) is 0.977. The van der Waals surface area contributed by atoms with Crippen LogP contribution in [0.25, 0.3) is 6.08 Å². The van der Waals surface area contributed by atoms with Gasteiger partial charge in [0.2, 0.25) is 0 Å². The topological polar surface area (TPSA) is 60.4 Å². The van der Waals surface area contributed by atoms with Gasteiger partial charge in [-0.1, -0.05) is 29.5 Å². The Balaban J connectivity index is 2.92. The average Bonchev–Trinajstić information content (AvgIpc) is 2.07. The van der Waals surface area contributed by atoms with Gasteiger partial charge in [0.25, 0.3) is 0 Å². The second kappa shape index (κ2) is 3.96. The van der Waals surface area contributed by atoms with Crippen LogP contribution in [0.15, 0.2) is 24.3 Å². The number of hydrogen-bond acceptors (Lipinski definition) is 2. The highest BCUT2D eigenvalue weighted by Gasteiger charge is 1.92. The van der Waals surface area contributed by atoms with Crippen LogP contribution in [0.5, 0.6) is 5.75 Å². The molecule has 0 aliphatic rings. The Morgan fingerprint density at radius 1 is 1.54 bits per heavy atom. The predicted octanol–water partition coefficient (Wildman–Crippen LogP) is 1.51. The molecule has 0 aromatic heterocycles. The highest BCUT2D eigenvalue weighted by atomic mass is 35.5. The third kappa shape index (κ3) is 2.80. The van der Waals surface area contributed by atoms with Gasteiger partial charge in [-0.05, 0) is 17.7 Å². The lowest BCUT2D eigenvalue weighted by atomic mass is 10.2. The van der Waals surface area contributed by atoms with Crippen LogP contribution in [-0.4, -0.2) is 11.1 Å². The molecule has 1 aromatic carbocycles. The van der Waals surface area contributed by atoms with Crippen LogP contribution < -0.4 is 5.11 Å². The van der Waals surface area contributed by atoms with Crippen molar-refractivity contribution in [1.82, 2.24) is 0 Å². The summed E-state index contributed by atoms with van der Waals surface area (Å²) in [6, 6.07) is 4.22. The summed E-state index contributed by atoms with van der Waals surface area (Å²) in [5, 5.41) is 19.2. The molecule has 0 saturated carbocycles. The molecule has 1 rings (SSSR count). The van der Waals surface area contributed by atoms with E-state index in [1.807, 2.05) is 0 Å². The highest BCUT2D eigenvalue weighted by Crippen LogP contribution is 2.21. The number of benzene rings is 1. The standard InChI is InChI=1S/C9H7ClO3/c10-7-5-6(1-3-8(7)11)2-4-9(12)13/h1-5,11H,(H,12,13)/p-1/b4-2+. The van der Waals surface area contributed by atoms with Gasteiger partial charge in [0.1, 0.15) is 0 Å². The number of carboxylic acid groups (broad SMARTS) is 1. The van der Waals surface area contributed by atoms with Crippen molar-refractivity contribution >= 4 is 23.6 Å². The van der Waals surface area contributed by atoms with Gasteiger partial charge < -0.3 is 10.2 Å². The zero-order valence-electron chi connectivity index (χ0n) is 6.53. The predicted molar refractivity (Wildman–Crippen MR) is 47.6 cm³/mol. The summed E-state index contributed by atoms with van der Waals surface area (Å²) in [7, 11) is 0.